The number of benzene rings is 2. The Morgan fingerprint density at radius 2 is 1.86 bits per heavy atom. The maximum atomic E-state index is 13.6. The predicted octanol–water partition coefficient (Wildman–Crippen LogP) is 5.10. The maximum Gasteiger partial charge on any atom is 0.333 e. The van der Waals surface area contributed by atoms with Crippen LogP contribution in [0.25, 0.3) is 28.3 Å². The van der Waals surface area contributed by atoms with E-state index in [2.05, 4.69) is 39.5 Å². The lowest BCUT2D eigenvalue weighted by molar-refractivity contribution is 0.691. The zero-order chi connectivity index (χ0) is 25.1. The first-order valence-electron chi connectivity index (χ1n) is 12.0. The molecule has 5 aromatic rings. The molecule has 182 valence electrons. The zero-order valence-electron chi connectivity index (χ0n) is 20.1. The largest absolute Gasteiger partial charge is 0.333 e. The number of nitrogens with one attached hydrogen (secondary N) is 1. The van der Waals surface area contributed by atoms with Crippen molar-refractivity contribution < 1.29 is 0 Å². The summed E-state index contributed by atoms with van der Waals surface area (Å²) in [5.74, 6) is 0.442. The van der Waals surface area contributed by atoms with E-state index < -0.39 is 0 Å². The molecule has 0 saturated carbocycles. The monoisotopic (exact) mass is 499 g/mol. The quantitative estimate of drug-likeness (QED) is 0.320. The van der Waals surface area contributed by atoms with Crippen molar-refractivity contribution in [3.63, 3.8) is 0 Å². The van der Waals surface area contributed by atoms with E-state index in [1.807, 2.05) is 65.4 Å². The highest BCUT2D eigenvalue weighted by atomic mass is 35.5. The minimum absolute atomic E-state index is 0.0861. The number of H-pyrrole nitrogens is 1. The van der Waals surface area contributed by atoms with Crippen molar-refractivity contribution >= 4 is 11.6 Å². The van der Waals surface area contributed by atoms with Gasteiger partial charge >= 0.3 is 5.69 Å². The molecule has 0 aliphatic carbocycles. The lowest BCUT2D eigenvalue weighted by Crippen LogP contribution is -2.25. The van der Waals surface area contributed by atoms with Gasteiger partial charge in [0.25, 0.3) is 0 Å². The average Bonchev–Trinajstić information content (AvgIpc) is 3.54. The number of aromatic amines is 1. The fourth-order valence-electron chi connectivity index (χ4n) is 4.48. The van der Waals surface area contributed by atoms with Crippen molar-refractivity contribution in [1.29, 1.82) is 0 Å². The lowest BCUT2D eigenvalue weighted by Gasteiger charge is -2.10. The van der Waals surface area contributed by atoms with Gasteiger partial charge < -0.3 is 0 Å². The molecule has 0 unspecified atom stereocenters. The molecule has 0 aliphatic rings. The number of hydrogen-bond acceptors (Lipinski definition) is 5. The third kappa shape index (κ3) is 4.47. The number of tetrazole rings is 1. The summed E-state index contributed by atoms with van der Waals surface area (Å²) in [7, 11) is 0. The first kappa shape index (κ1) is 23.7. The van der Waals surface area contributed by atoms with E-state index in [9.17, 15) is 4.79 Å². The van der Waals surface area contributed by atoms with Gasteiger partial charge in [-0.1, -0.05) is 74.3 Å². The second-order valence-corrected chi connectivity index (χ2v) is 8.95. The van der Waals surface area contributed by atoms with Crippen molar-refractivity contribution in [2.24, 2.45) is 0 Å². The van der Waals surface area contributed by atoms with Crippen molar-refractivity contribution in [1.82, 2.24) is 34.7 Å². The Labute approximate surface area is 213 Å². The van der Waals surface area contributed by atoms with Gasteiger partial charge in [0.05, 0.1) is 17.3 Å². The molecule has 2 aromatic carbocycles. The third-order valence-corrected chi connectivity index (χ3v) is 6.54. The van der Waals surface area contributed by atoms with Crippen LogP contribution < -0.4 is 5.69 Å². The fourth-order valence-corrected chi connectivity index (χ4v) is 4.76. The molecule has 0 aliphatic heterocycles. The van der Waals surface area contributed by atoms with Gasteiger partial charge in [-0.05, 0) is 46.9 Å². The number of pyridine rings is 1. The molecule has 0 amide bonds. The Balaban J connectivity index is 1.50. The van der Waals surface area contributed by atoms with Crippen LogP contribution in [0.2, 0.25) is 5.02 Å². The number of aromatic nitrogens is 7. The van der Waals surface area contributed by atoms with Gasteiger partial charge in [0, 0.05) is 23.7 Å². The van der Waals surface area contributed by atoms with E-state index in [-0.39, 0.29) is 5.69 Å². The third-order valence-electron chi connectivity index (χ3n) is 6.23. The van der Waals surface area contributed by atoms with Gasteiger partial charge in [-0.15, -0.1) is 10.2 Å². The molecule has 3 aromatic heterocycles. The van der Waals surface area contributed by atoms with Crippen LogP contribution in [0.5, 0.6) is 0 Å². The summed E-state index contributed by atoms with van der Waals surface area (Å²) < 4.78 is 3.55. The van der Waals surface area contributed by atoms with Gasteiger partial charge in [0.2, 0.25) is 5.82 Å². The summed E-state index contributed by atoms with van der Waals surface area (Å²) in [5.41, 5.74) is 6.28. The number of rotatable bonds is 8. The SMILES string of the molecule is CCCc1cn(-c2c(Cl)cccc2CC)c(=O)n1Cc1ccc(-c2cccnc2-c2nn[nH]n2)cc1. The minimum atomic E-state index is -0.0861. The summed E-state index contributed by atoms with van der Waals surface area (Å²) in [6.45, 7) is 4.65. The van der Waals surface area contributed by atoms with Gasteiger partial charge in [-0.3, -0.25) is 14.1 Å². The van der Waals surface area contributed by atoms with E-state index in [1.54, 1.807) is 10.8 Å². The molecule has 0 fully saturated rings. The minimum Gasteiger partial charge on any atom is -0.292 e. The highest BCUT2D eigenvalue weighted by Crippen LogP contribution is 2.28. The number of nitrogens with zero attached hydrogens (tertiary/aromatic N) is 6. The van der Waals surface area contributed by atoms with E-state index in [0.29, 0.717) is 23.1 Å². The van der Waals surface area contributed by atoms with Crippen LogP contribution >= 0.6 is 11.6 Å². The molecule has 3 heterocycles. The molecule has 5 rings (SSSR count). The second-order valence-electron chi connectivity index (χ2n) is 8.54. The number of imidazole rings is 1. The van der Waals surface area contributed by atoms with Crippen LogP contribution in [0.15, 0.2) is 71.8 Å². The van der Waals surface area contributed by atoms with Crippen LogP contribution in [-0.2, 0) is 19.4 Å². The molecular formula is C27H26ClN7O. The fraction of sp³-hybridized carbons (Fsp3) is 0.222. The Morgan fingerprint density at radius 1 is 1.03 bits per heavy atom. The molecule has 0 atom stereocenters. The van der Waals surface area contributed by atoms with Gasteiger partial charge in [-0.2, -0.15) is 5.21 Å². The van der Waals surface area contributed by atoms with Crippen molar-refractivity contribution in [2.75, 3.05) is 0 Å². The Kier molecular flexibility index (Phi) is 6.77. The highest BCUT2D eigenvalue weighted by Gasteiger charge is 2.17. The normalized spacial score (nSPS) is 11.2. The number of para-hydroxylation sites is 1. The van der Waals surface area contributed by atoms with Crippen LogP contribution in [-0.4, -0.2) is 34.7 Å². The van der Waals surface area contributed by atoms with Crippen LogP contribution in [0.1, 0.15) is 37.1 Å². The summed E-state index contributed by atoms with van der Waals surface area (Å²) in [6, 6.07) is 17.8. The Morgan fingerprint density at radius 3 is 2.58 bits per heavy atom. The van der Waals surface area contributed by atoms with E-state index in [4.69, 9.17) is 11.6 Å². The van der Waals surface area contributed by atoms with Crippen molar-refractivity contribution in [3.8, 4) is 28.3 Å². The van der Waals surface area contributed by atoms with Gasteiger partial charge in [0.15, 0.2) is 0 Å². The van der Waals surface area contributed by atoms with E-state index >= 15 is 0 Å². The highest BCUT2D eigenvalue weighted by molar-refractivity contribution is 6.32. The number of halogens is 1. The molecule has 0 bridgehead atoms. The first-order chi connectivity index (χ1) is 17.6. The zero-order valence-corrected chi connectivity index (χ0v) is 20.9. The predicted molar refractivity (Wildman–Crippen MR) is 140 cm³/mol. The molecule has 36 heavy (non-hydrogen) atoms. The standard InChI is InChI=1S/C27H26ClN7O/c1-3-7-21-17-35(25-19(4-2)8-5-10-23(25)28)27(36)34(21)16-18-11-13-20(14-12-18)22-9-6-15-29-24(22)26-30-32-33-31-26/h5-6,8-15,17H,3-4,7,16H2,1-2H3,(H,30,31,32,33). The number of aryl methyl sites for hydroxylation is 2. The van der Waals surface area contributed by atoms with Crippen molar-refractivity contribution in [2.45, 2.75) is 39.7 Å². The first-order valence-corrected chi connectivity index (χ1v) is 12.4. The maximum absolute atomic E-state index is 13.6. The molecule has 9 heteroatoms. The molecule has 0 spiro atoms. The topological polar surface area (TPSA) is 94.3 Å². The molecule has 0 saturated heterocycles. The molecule has 8 nitrogen and oxygen atoms in total. The van der Waals surface area contributed by atoms with Crippen molar-refractivity contribution in [3.05, 3.63) is 99.3 Å². The molecule has 1 N–H and O–H groups in total. The lowest BCUT2D eigenvalue weighted by atomic mass is 10.0. The summed E-state index contributed by atoms with van der Waals surface area (Å²) in [4.78, 5) is 18.0. The number of hydrogen-bond donors (Lipinski definition) is 1. The summed E-state index contributed by atoms with van der Waals surface area (Å²) in [5, 5.41) is 14.8. The molecule has 0 radical (unpaired) electrons. The van der Waals surface area contributed by atoms with Gasteiger partial charge in [-0.25, -0.2) is 4.79 Å². The smallest absolute Gasteiger partial charge is 0.292 e. The second kappa shape index (κ2) is 10.3. The molecular weight excluding hydrogens is 474 g/mol. The van der Waals surface area contributed by atoms with E-state index in [0.717, 1.165) is 52.9 Å². The Bertz CT molecular complexity index is 1540. The Hall–Kier alpha value is -4.04. The average molecular weight is 500 g/mol. The van der Waals surface area contributed by atoms with Crippen LogP contribution in [0.4, 0.5) is 0 Å². The van der Waals surface area contributed by atoms with Gasteiger partial charge in [0.1, 0.15) is 5.69 Å². The van der Waals surface area contributed by atoms with E-state index in [1.165, 1.54) is 0 Å². The van der Waals surface area contributed by atoms with Crippen LogP contribution in [0, 0.1) is 0 Å². The summed E-state index contributed by atoms with van der Waals surface area (Å²) >= 11 is 6.55. The summed E-state index contributed by atoms with van der Waals surface area (Å²) in [6.07, 6.45) is 6.17. The van der Waals surface area contributed by atoms with Crippen LogP contribution in [0.3, 0.4) is 0 Å².